The van der Waals surface area contributed by atoms with Crippen LogP contribution in [0.3, 0.4) is 0 Å². The molecule has 0 fully saturated rings. The molecule has 1 aromatic heterocycles. The van der Waals surface area contributed by atoms with Crippen molar-refractivity contribution in [1.29, 1.82) is 5.26 Å². The van der Waals surface area contributed by atoms with Crippen LogP contribution in [-0.4, -0.2) is 44.9 Å². The molecule has 32 heavy (non-hydrogen) atoms. The summed E-state index contributed by atoms with van der Waals surface area (Å²) in [7, 11) is 6.58. The first-order chi connectivity index (χ1) is 15.3. The molecule has 1 aliphatic heterocycles. The van der Waals surface area contributed by atoms with E-state index in [1.807, 2.05) is 30.1 Å². The van der Waals surface area contributed by atoms with E-state index in [9.17, 15) is 14.9 Å². The molecule has 2 heterocycles. The number of anilines is 3. The van der Waals surface area contributed by atoms with Crippen LogP contribution >= 0.6 is 0 Å². The number of fused-ring (bicyclic) bond motifs is 2. The number of aryl methyl sites for hydroxylation is 2. The summed E-state index contributed by atoms with van der Waals surface area (Å²) in [6.07, 6.45) is 0. The minimum absolute atomic E-state index is 0.0648. The summed E-state index contributed by atoms with van der Waals surface area (Å²) in [5.74, 6) is 0.0749. The molecule has 0 spiro atoms. The molecule has 0 amide bonds. The van der Waals surface area contributed by atoms with Gasteiger partial charge in [-0.25, -0.2) is 4.79 Å². The highest BCUT2D eigenvalue weighted by Crippen LogP contribution is 2.43. The van der Waals surface area contributed by atoms with Crippen molar-refractivity contribution in [3.05, 3.63) is 57.4 Å². The first-order valence-corrected chi connectivity index (χ1v) is 10.1. The summed E-state index contributed by atoms with van der Waals surface area (Å²) in [5, 5.41) is 10.6. The average Bonchev–Trinajstić information content (AvgIpc) is 2.81. The van der Waals surface area contributed by atoms with Crippen LogP contribution in [0.1, 0.15) is 21.5 Å². The maximum absolute atomic E-state index is 12.5. The van der Waals surface area contributed by atoms with E-state index in [0.29, 0.717) is 24.4 Å². The van der Waals surface area contributed by atoms with Gasteiger partial charge < -0.3 is 23.8 Å². The molecule has 0 aliphatic carbocycles. The SMILES string of the molecule is COC(=O)c1cc2c(cc1C#N)N(c1cc(OC)cc3c1cc(C)c(=O)n3C)CCN2C. The lowest BCUT2D eigenvalue weighted by molar-refractivity contribution is 0.0600. The van der Waals surface area contributed by atoms with Crippen LogP contribution in [0, 0.1) is 18.3 Å². The van der Waals surface area contributed by atoms with E-state index in [1.165, 1.54) is 7.11 Å². The highest BCUT2D eigenvalue weighted by atomic mass is 16.5. The number of esters is 1. The van der Waals surface area contributed by atoms with Gasteiger partial charge in [-0.05, 0) is 25.1 Å². The van der Waals surface area contributed by atoms with Gasteiger partial charge in [0.15, 0.2) is 0 Å². The van der Waals surface area contributed by atoms with Crippen molar-refractivity contribution in [2.75, 3.05) is 44.2 Å². The molecular formula is C24H24N4O4. The van der Waals surface area contributed by atoms with E-state index in [0.717, 1.165) is 28.0 Å². The molecule has 164 valence electrons. The van der Waals surface area contributed by atoms with Crippen LogP contribution in [0.15, 0.2) is 35.1 Å². The van der Waals surface area contributed by atoms with Crippen LogP contribution in [0.2, 0.25) is 0 Å². The number of pyridine rings is 1. The van der Waals surface area contributed by atoms with Crippen molar-refractivity contribution in [2.45, 2.75) is 6.92 Å². The van der Waals surface area contributed by atoms with Gasteiger partial charge in [0.1, 0.15) is 11.8 Å². The highest BCUT2D eigenvalue weighted by Gasteiger charge is 2.27. The van der Waals surface area contributed by atoms with E-state index in [2.05, 4.69) is 11.0 Å². The predicted molar refractivity (Wildman–Crippen MR) is 123 cm³/mol. The summed E-state index contributed by atoms with van der Waals surface area (Å²) in [4.78, 5) is 28.9. The van der Waals surface area contributed by atoms with Crippen molar-refractivity contribution < 1.29 is 14.3 Å². The van der Waals surface area contributed by atoms with Crippen molar-refractivity contribution >= 4 is 33.9 Å². The van der Waals surface area contributed by atoms with Gasteiger partial charge in [0, 0.05) is 50.3 Å². The minimum Gasteiger partial charge on any atom is -0.497 e. The molecular weight excluding hydrogens is 408 g/mol. The number of hydrogen-bond donors (Lipinski definition) is 0. The summed E-state index contributed by atoms with van der Waals surface area (Å²) in [6, 6.07) is 11.2. The Balaban J connectivity index is 2.03. The third kappa shape index (κ3) is 3.23. The van der Waals surface area contributed by atoms with Crippen molar-refractivity contribution in [3.8, 4) is 11.8 Å². The van der Waals surface area contributed by atoms with Crippen LogP contribution < -0.4 is 20.1 Å². The maximum atomic E-state index is 12.5. The molecule has 8 heteroatoms. The van der Waals surface area contributed by atoms with Crippen LogP contribution in [0.5, 0.6) is 5.75 Å². The summed E-state index contributed by atoms with van der Waals surface area (Å²) in [6.45, 7) is 3.14. The zero-order chi connectivity index (χ0) is 23.2. The Morgan fingerprint density at radius 1 is 1.03 bits per heavy atom. The van der Waals surface area contributed by atoms with Crippen LogP contribution in [-0.2, 0) is 11.8 Å². The fraction of sp³-hybridized carbons (Fsp3) is 0.292. The lowest BCUT2D eigenvalue weighted by Gasteiger charge is -2.38. The van der Waals surface area contributed by atoms with Crippen LogP contribution in [0.4, 0.5) is 17.1 Å². The maximum Gasteiger partial charge on any atom is 0.339 e. The first-order valence-electron chi connectivity index (χ1n) is 10.1. The number of nitrogens with zero attached hydrogens (tertiary/aromatic N) is 4. The highest BCUT2D eigenvalue weighted by molar-refractivity contribution is 6.00. The number of ether oxygens (including phenoxy) is 2. The molecule has 1 aliphatic rings. The molecule has 4 rings (SSSR count). The normalized spacial score (nSPS) is 13.0. The summed E-state index contributed by atoms with van der Waals surface area (Å²) >= 11 is 0. The quantitative estimate of drug-likeness (QED) is 0.588. The van der Waals surface area contributed by atoms with Crippen molar-refractivity contribution in [2.24, 2.45) is 7.05 Å². The summed E-state index contributed by atoms with van der Waals surface area (Å²) in [5.41, 5.74) is 4.27. The largest absolute Gasteiger partial charge is 0.497 e. The number of methoxy groups -OCH3 is 2. The third-order valence-electron chi connectivity index (χ3n) is 6.00. The molecule has 0 radical (unpaired) electrons. The fourth-order valence-electron chi connectivity index (χ4n) is 4.23. The molecule has 0 saturated carbocycles. The second kappa shape index (κ2) is 7.93. The van der Waals surface area contributed by atoms with Crippen molar-refractivity contribution in [1.82, 2.24) is 4.57 Å². The first kappa shape index (κ1) is 21.2. The van der Waals surface area contributed by atoms with E-state index in [-0.39, 0.29) is 16.7 Å². The van der Waals surface area contributed by atoms with Gasteiger partial charge in [-0.2, -0.15) is 5.26 Å². The van der Waals surface area contributed by atoms with Gasteiger partial charge >= 0.3 is 5.97 Å². The molecule has 3 aromatic rings. The van der Waals surface area contributed by atoms with E-state index in [1.54, 1.807) is 37.8 Å². The third-order valence-corrected chi connectivity index (χ3v) is 6.00. The standard InChI is InChI=1S/C24H24N4O4/c1-14-8-18-19(27(3)23(14)29)10-16(31-4)11-20(18)28-7-6-26(2)21-12-17(24(30)32-5)15(13-25)9-22(21)28/h8-12H,6-7H2,1-5H3. The topological polar surface area (TPSA) is 87.8 Å². The molecule has 0 atom stereocenters. The zero-order valence-corrected chi connectivity index (χ0v) is 18.7. The predicted octanol–water partition coefficient (Wildman–Crippen LogP) is 3.10. The molecule has 0 unspecified atom stereocenters. The van der Waals surface area contributed by atoms with Crippen molar-refractivity contribution in [3.63, 3.8) is 0 Å². The monoisotopic (exact) mass is 432 g/mol. The Kier molecular flexibility index (Phi) is 5.26. The number of carbonyl (C=O) groups excluding carboxylic acids is 1. The van der Waals surface area contributed by atoms with E-state index < -0.39 is 5.97 Å². The van der Waals surface area contributed by atoms with Gasteiger partial charge in [0.05, 0.1) is 47.9 Å². The van der Waals surface area contributed by atoms with Gasteiger partial charge in [0.25, 0.3) is 5.56 Å². The molecule has 2 aromatic carbocycles. The Bertz CT molecular complexity index is 1350. The second-order valence-electron chi connectivity index (χ2n) is 7.83. The van der Waals surface area contributed by atoms with E-state index in [4.69, 9.17) is 9.47 Å². The smallest absolute Gasteiger partial charge is 0.339 e. The van der Waals surface area contributed by atoms with E-state index >= 15 is 0 Å². The number of nitriles is 1. The number of rotatable bonds is 3. The molecule has 0 saturated heterocycles. The van der Waals surface area contributed by atoms with Gasteiger partial charge in [-0.3, -0.25) is 4.79 Å². The number of hydrogen-bond acceptors (Lipinski definition) is 7. The minimum atomic E-state index is -0.549. The van der Waals surface area contributed by atoms with Gasteiger partial charge in [-0.15, -0.1) is 0 Å². The number of carbonyl (C=O) groups is 1. The Morgan fingerprint density at radius 3 is 2.44 bits per heavy atom. The van der Waals surface area contributed by atoms with Crippen LogP contribution in [0.25, 0.3) is 10.9 Å². The lowest BCUT2D eigenvalue weighted by Crippen LogP contribution is -2.37. The Hall–Kier alpha value is -3.99. The van der Waals surface area contributed by atoms with Gasteiger partial charge in [0.2, 0.25) is 0 Å². The lowest BCUT2D eigenvalue weighted by atomic mass is 10.0. The van der Waals surface area contributed by atoms with Gasteiger partial charge in [-0.1, -0.05) is 0 Å². The Labute approximate surface area is 185 Å². The molecule has 0 N–H and O–H groups in total. The number of likely N-dealkylation sites (N-methyl/N-ethyl adjacent to an activating group) is 1. The number of benzene rings is 2. The zero-order valence-electron chi connectivity index (χ0n) is 18.7. The summed E-state index contributed by atoms with van der Waals surface area (Å²) < 4.78 is 12.0. The number of aromatic nitrogens is 1. The Morgan fingerprint density at radius 2 is 1.78 bits per heavy atom. The molecule has 8 nitrogen and oxygen atoms in total. The fourth-order valence-corrected chi connectivity index (χ4v) is 4.23. The molecule has 0 bridgehead atoms. The average molecular weight is 432 g/mol. The second-order valence-corrected chi connectivity index (χ2v) is 7.83.